The predicted molar refractivity (Wildman–Crippen MR) is 141 cm³/mol. The Morgan fingerprint density at radius 2 is 1.60 bits per heavy atom. The molecule has 1 heterocycles. The van der Waals surface area contributed by atoms with Crippen LogP contribution in [0.5, 0.6) is 5.75 Å². The van der Waals surface area contributed by atoms with Crippen molar-refractivity contribution in [2.45, 2.75) is 26.2 Å². The molecule has 0 saturated heterocycles. The zero-order valence-corrected chi connectivity index (χ0v) is 20.7. The second-order valence-corrected chi connectivity index (χ2v) is 9.70. The van der Waals surface area contributed by atoms with E-state index >= 15 is 0 Å². The molecule has 0 bridgehead atoms. The fourth-order valence-electron chi connectivity index (χ4n) is 3.84. The van der Waals surface area contributed by atoms with Gasteiger partial charge in [0.15, 0.2) is 0 Å². The number of imidazole rings is 1. The number of methoxy groups -OCH3 is 1. The molecule has 7 nitrogen and oxygen atoms in total. The first kappa shape index (κ1) is 24.5. The van der Waals surface area contributed by atoms with Crippen LogP contribution in [0.15, 0.2) is 78.9 Å². The molecule has 35 heavy (non-hydrogen) atoms. The Morgan fingerprint density at radius 1 is 0.886 bits per heavy atom. The minimum absolute atomic E-state index is 0.211. The first-order valence-electron chi connectivity index (χ1n) is 11.6. The van der Waals surface area contributed by atoms with Crippen LogP contribution in [-0.4, -0.2) is 32.0 Å². The number of aromatic nitrogens is 2. The zero-order valence-electron chi connectivity index (χ0n) is 19.9. The average Bonchev–Trinajstić information content (AvgIpc) is 3.30. The Morgan fingerprint density at radius 3 is 2.26 bits per heavy atom. The molecule has 4 aromatic rings. The van der Waals surface area contributed by atoms with E-state index in [2.05, 4.69) is 21.4 Å². The van der Waals surface area contributed by atoms with Gasteiger partial charge >= 0.3 is 0 Å². The van der Waals surface area contributed by atoms with Crippen LogP contribution in [0, 0.1) is 0 Å². The minimum Gasteiger partial charge on any atom is -0.497 e. The van der Waals surface area contributed by atoms with Gasteiger partial charge < -0.3 is 9.72 Å². The van der Waals surface area contributed by atoms with E-state index in [4.69, 9.17) is 9.72 Å². The van der Waals surface area contributed by atoms with Gasteiger partial charge in [-0.05, 0) is 48.4 Å². The smallest absolute Gasteiger partial charge is 0.299 e. The van der Waals surface area contributed by atoms with Gasteiger partial charge in [0, 0.05) is 35.5 Å². The molecule has 3 aromatic carbocycles. The topological polar surface area (TPSA) is 96.1 Å². The largest absolute Gasteiger partial charge is 0.497 e. The van der Waals surface area contributed by atoms with Gasteiger partial charge in [-0.2, -0.15) is 13.1 Å². The van der Waals surface area contributed by atoms with Gasteiger partial charge in [0.25, 0.3) is 10.2 Å². The number of nitrogens with zero attached hydrogens (tertiary/aromatic N) is 1. The lowest BCUT2D eigenvalue weighted by molar-refractivity contribution is 0.415. The maximum absolute atomic E-state index is 12.6. The molecular formula is C27H30N4O3S. The van der Waals surface area contributed by atoms with Crippen LogP contribution in [0.2, 0.25) is 0 Å². The molecule has 0 aliphatic rings. The molecule has 0 atom stereocenters. The van der Waals surface area contributed by atoms with E-state index in [9.17, 15) is 8.42 Å². The quantitative estimate of drug-likeness (QED) is 0.269. The minimum atomic E-state index is -3.71. The van der Waals surface area contributed by atoms with E-state index in [1.165, 1.54) is 5.56 Å². The van der Waals surface area contributed by atoms with Crippen LogP contribution in [0.4, 0.5) is 5.69 Å². The van der Waals surface area contributed by atoms with E-state index in [1.807, 2.05) is 66.7 Å². The summed E-state index contributed by atoms with van der Waals surface area (Å²) in [5.74, 6) is 1.50. The first-order chi connectivity index (χ1) is 17.0. The molecule has 0 saturated carbocycles. The Hall–Kier alpha value is -3.62. The molecule has 4 rings (SSSR count). The number of H-pyrrole nitrogens is 1. The second-order valence-electron chi connectivity index (χ2n) is 8.20. The fraction of sp³-hybridized carbons (Fsp3) is 0.222. The summed E-state index contributed by atoms with van der Waals surface area (Å²) in [6, 6.07) is 25.0. The molecule has 0 radical (unpaired) electrons. The van der Waals surface area contributed by atoms with Crippen molar-refractivity contribution in [1.29, 1.82) is 0 Å². The average molecular weight is 491 g/mol. The summed E-state index contributed by atoms with van der Waals surface area (Å²) in [4.78, 5) is 8.20. The highest BCUT2D eigenvalue weighted by molar-refractivity contribution is 7.90. The summed E-state index contributed by atoms with van der Waals surface area (Å²) in [6.45, 7) is 2.33. The molecule has 0 aliphatic heterocycles. The van der Waals surface area contributed by atoms with Gasteiger partial charge in [-0.1, -0.05) is 55.8 Å². The number of nitrogens with one attached hydrogen (secondary N) is 3. The monoisotopic (exact) mass is 490 g/mol. The summed E-state index contributed by atoms with van der Waals surface area (Å²) >= 11 is 0. The predicted octanol–water partition coefficient (Wildman–Crippen LogP) is 5.19. The van der Waals surface area contributed by atoms with Gasteiger partial charge in [0.05, 0.1) is 12.8 Å². The van der Waals surface area contributed by atoms with Crippen molar-refractivity contribution in [2.24, 2.45) is 0 Å². The summed E-state index contributed by atoms with van der Waals surface area (Å²) in [6.07, 6.45) is 2.46. The van der Waals surface area contributed by atoms with Crippen LogP contribution < -0.4 is 14.2 Å². The van der Waals surface area contributed by atoms with Gasteiger partial charge in [-0.25, -0.2) is 4.98 Å². The molecule has 8 heteroatoms. The van der Waals surface area contributed by atoms with E-state index in [1.54, 1.807) is 19.2 Å². The number of hydrogen-bond donors (Lipinski definition) is 3. The lowest BCUT2D eigenvalue weighted by atomic mass is 10.1. The molecule has 1 aromatic heterocycles. The third kappa shape index (κ3) is 6.49. The number of benzene rings is 3. The van der Waals surface area contributed by atoms with E-state index in [-0.39, 0.29) is 6.54 Å². The normalized spacial score (nSPS) is 11.4. The van der Waals surface area contributed by atoms with E-state index in [0.29, 0.717) is 12.1 Å². The maximum Gasteiger partial charge on any atom is 0.299 e. The molecule has 0 amide bonds. The third-order valence-corrected chi connectivity index (χ3v) is 6.69. The number of rotatable bonds is 11. The fourth-order valence-corrected chi connectivity index (χ4v) is 4.73. The van der Waals surface area contributed by atoms with Gasteiger partial charge in [-0.3, -0.25) is 4.72 Å². The van der Waals surface area contributed by atoms with Gasteiger partial charge in [0.1, 0.15) is 11.6 Å². The summed E-state index contributed by atoms with van der Waals surface area (Å²) in [5.41, 5.74) is 5.23. The number of ether oxygens (including phenoxy) is 1. The summed E-state index contributed by atoms with van der Waals surface area (Å²) in [5, 5.41) is 0. The summed E-state index contributed by atoms with van der Waals surface area (Å²) < 4.78 is 35.7. The number of anilines is 1. The van der Waals surface area contributed by atoms with Gasteiger partial charge in [0.2, 0.25) is 0 Å². The molecule has 182 valence electrons. The summed E-state index contributed by atoms with van der Waals surface area (Å²) in [7, 11) is -2.09. The third-order valence-electron chi connectivity index (χ3n) is 5.60. The highest BCUT2D eigenvalue weighted by Gasteiger charge is 2.15. The Kier molecular flexibility index (Phi) is 7.84. The molecule has 0 unspecified atom stereocenters. The molecular weight excluding hydrogens is 460 g/mol. The lowest BCUT2D eigenvalue weighted by Gasteiger charge is -2.10. The highest BCUT2D eigenvalue weighted by atomic mass is 32.2. The second kappa shape index (κ2) is 11.2. The van der Waals surface area contributed by atoms with Crippen LogP contribution in [0.25, 0.3) is 22.6 Å². The Labute approximate surface area is 206 Å². The number of hydrogen-bond acceptors (Lipinski definition) is 4. The van der Waals surface area contributed by atoms with Crippen molar-refractivity contribution >= 4 is 15.9 Å². The van der Waals surface area contributed by atoms with E-state index < -0.39 is 10.2 Å². The van der Waals surface area contributed by atoms with Crippen molar-refractivity contribution < 1.29 is 13.2 Å². The van der Waals surface area contributed by atoms with Gasteiger partial charge in [-0.15, -0.1) is 0 Å². The standard InChI is InChI=1S/C27H30N4O3S/c1-3-7-20-10-14-23(15-11-20)31-35(32,33)28-19-18-25-26(21-12-16-24(34-2)17-13-21)30-27(29-25)22-8-5-4-6-9-22/h4-6,8-17,28,31H,3,7,18-19H2,1-2H3,(H,29,30). The Bertz CT molecular complexity index is 1330. The van der Waals surface area contributed by atoms with Crippen molar-refractivity contribution in [3.05, 3.63) is 90.1 Å². The molecule has 0 fully saturated rings. The maximum atomic E-state index is 12.6. The molecule has 0 spiro atoms. The van der Waals surface area contributed by atoms with Crippen LogP contribution in [-0.2, 0) is 23.1 Å². The first-order valence-corrected chi connectivity index (χ1v) is 13.1. The number of aryl methyl sites for hydroxylation is 1. The highest BCUT2D eigenvalue weighted by Crippen LogP contribution is 2.28. The van der Waals surface area contributed by atoms with Crippen molar-refractivity contribution in [2.75, 3.05) is 18.4 Å². The van der Waals surface area contributed by atoms with Crippen LogP contribution in [0.3, 0.4) is 0 Å². The van der Waals surface area contributed by atoms with Crippen LogP contribution in [0.1, 0.15) is 24.6 Å². The number of aromatic amines is 1. The van der Waals surface area contributed by atoms with Crippen molar-refractivity contribution in [3.8, 4) is 28.4 Å². The van der Waals surface area contributed by atoms with E-state index in [0.717, 1.165) is 46.9 Å². The lowest BCUT2D eigenvalue weighted by Crippen LogP contribution is -2.31. The zero-order chi connectivity index (χ0) is 24.7. The SMILES string of the molecule is CCCc1ccc(NS(=O)(=O)NCCc2[nH]c(-c3ccccc3)nc2-c2ccc(OC)cc2)cc1. The Balaban J connectivity index is 1.48. The van der Waals surface area contributed by atoms with Crippen molar-refractivity contribution in [1.82, 2.24) is 14.7 Å². The van der Waals surface area contributed by atoms with Crippen LogP contribution >= 0.6 is 0 Å². The van der Waals surface area contributed by atoms with Crippen molar-refractivity contribution in [3.63, 3.8) is 0 Å². The molecule has 0 aliphatic carbocycles. The molecule has 3 N–H and O–H groups in total.